The maximum Gasteiger partial charge on any atom is 0.127 e. The van der Waals surface area contributed by atoms with Crippen LogP contribution in [0.3, 0.4) is 0 Å². The van der Waals surface area contributed by atoms with Crippen LogP contribution in [0.5, 0.6) is 5.75 Å². The number of ether oxygens (including phenoxy) is 1. The first-order chi connectivity index (χ1) is 9.15. The second-order valence-electron chi connectivity index (χ2n) is 4.22. The van der Waals surface area contributed by atoms with Crippen LogP contribution < -0.4 is 4.74 Å². The molecule has 0 bridgehead atoms. The Morgan fingerprint density at radius 3 is 2.58 bits per heavy atom. The van der Waals surface area contributed by atoms with Gasteiger partial charge < -0.3 is 9.84 Å². The second kappa shape index (κ2) is 6.68. The van der Waals surface area contributed by atoms with Crippen LogP contribution in [-0.4, -0.2) is 17.8 Å². The molecule has 0 radical (unpaired) electrons. The van der Waals surface area contributed by atoms with Crippen molar-refractivity contribution in [3.05, 3.63) is 64.4 Å². The van der Waals surface area contributed by atoms with E-state index in [4.69, 9.17) is 4.74 Å². The molecule has 0 aliphatic heterocycles. The van der Waals surface area contributed by atoms with Gasteiger partial charge in [0.15, 0.2) is 0 Å². The minimum Gasteiger partial charge on any atom is -0.491 e. The van der Waals surface area contributed by atoms with Crippen LogP contribution in [0.1, 0.15) is 5.56 Å². The van der Waals surface area contributed by atoms with Crippen LogP contribution in [0.25, 0.3) is 0 Å². The molecule has 0 aliphatic carbocycles. The van der Waals surface area contributed by atoms with Gasteiger partial charge >= 0.3 is 0 Å². The average Bonchev–Trinajstić information content (AvgIpc) is 2.41. The van der Waals surface area contributed by atoms with E-state index in [1.165, 1.54) is 6.07 Å². The lowest BCUT2D eigenvalue weighted by Crippen LogP contribution is -2.20. The van der Waals surface area contributed by atoms with Gasteiger partial charge in [0, 0.05) is 10.9 Å². The Morgan fingerprint density at radius 1 is 1.16 bits per heavy atom. The molecular weight excluding hydrogens is 311 g/mol. The molecule has 0 aromatic heterocycles. The zero-order chi connectivity index (χ0) is 13.7. The van der Waals surface area contributed by atoms with E-state index in [1.807, 2.05) is 30.3 Å². The van der Waals surface area contributed by atoms with E-state index in [9.17, 15) is 9.50 Å². The average molecular weight is 325 g/mol. The van der Waals surface area contributed by atoms with E-state index >= 15 is 0 Å². The van der Waals surface area contributed by atoms with Gasteiger partial charge in [0.2, 0.25) is 0 Å². The maximum atomic E-state index is 13.6. The van der Waals surface area contributed by atoms with Gasteiger partial charge in [-0.15, -0.1) is 0 Å². The van der Waals surface area contributed by atoms with Gasteiger partial charge in [0.1, 0.15) is 18.2 Å². The van der Waals surface area contributed by atoms with E-state index < -0.39 is 6.10 Å². The van der Waals surface area contributed by atoms with Gasteiger partial charge in [-0.05, 0) is 29.8 Å². The molecule has 2 aromatic rings. The number of aliphatic hydroxyl groups excluding tert-OH is 1. The molecule has 0 spiro atoms. The third-order valence-corrected chi connectivity index (χ3v) is 3.15. The summed E-state index contributed by atoms with van der Waals surface area (Å²) in [6, 6.07) is 14.0. The van der Waals surface area contributed by atoms with Crippen LogP contribution in [0.4, 0.5) is 4.39 Å². The first-order valence-electron chi connectivity index (χ1n) is 5.95. The summed E-state index contributed by atoms with van der Waals surface area (Å²) >= 11 is 3.20. The molecular formula is C15H14BrFO2. The van der Waals surface area contributed by atoms with Crippen molar-refractivity contribution in [2.75, 3.05) is 6.61 Å². The lowest BCUT2D eigenvalue weighted by Gasteiger charge is -2.13. The zero-order valence-corrected chi connectivity index (χ0v) is 11.8. The predicted molar refractivity (Wildman–Crippen MR) is 75.7 cm³/mol. The molecule has 100 valence electrons. The van der Waals surface area contributed by atoms with Gasteiger partial charge in [-0.2, -0.15) is 0 Å². The van der Waals surface area contributed by atoms with E-state index in [-0.39, 0.29) is 18.8 Å². The van der Waals surface area contributed by atoms with Crippen molar-refractivity contribution in [3.8, 4) is 5.75 Å². The first kappa shape index (κ1) is 14.0. The molecule has 0 saturated heterocycles. The van der Waals surface area contributed by atoms with Gasteiger partial charge in [0.05, 0.1) is 6.10 Å². The smallest absolute Gasteiger partial charge is 0.127 e. The molecule has 0 aliphatic rings. The van der Waals surface area contributed by atoms with Crippen LogP contribution >= 0.6 is 15.9 Å². The number of halogens is 2. The second-order valence-corrected chi connectivity index (χ2v) is 5.13. The molecule has 2 rings (SSSR count). The minimum absolute atomic E-state index is 0.138. The highest BCUT2D eigenvalue weighted by atomic mass is 79.9. The predicted octanol–water partition coefficient (Wildman–Crippen LogP) is 3.57. The quantitative estimate of drug-likeness (QED) is 0.911. The molecule has 1 N–H and O–H groups in total. The molecule has 4 heteroatoms. The first-order valence-corrected chi connectivity index (χ1v) is 6.74. The molecule has 1 unspecified atom stereocenters. The fraction of sp³-hybridized carbons (Fsp3) is 0.200. The largest absolute Gasteiger partial charge is 0.491 e. The van der Waals surface area contributed by atoms with Gasteiger partial charge in [0.25, 0.3) is 0 Å². The summed E-state index contributed by atoms with van der Waals surface area (Å²) in [5.41, 5.74) is 0.479. The normalized spacial score (nSPS) is 12.2. The van der Waals surface area contributed by atoms with Crippen LogP contribution in [0, 0.1) is 5.82 Å². The molecule has 0 amide bonds. The lowest BCUT2D eigenvalue weighted by molar-refractivity contribution is 0.107. The van der Waals surface area contributed by atoms with Crippen molar-refractivity contribution in [1.82, 2.24) is 0 Å². The van der Waals surface area contributed by atoms with Gasteiger partial charge in [-0.1, -0.05) is 40.2 Å². The SMILES string of the molecule is OC(COc1ccccc1)Cc1ccc(Br)cc1F. The Hall–Kier alpha value is -1.39. The zero-order valence-electron chi connectivity index (χ0n) is 10.2. The van der Waals surface area contributed by atoms with Crippen molar-refractivity contribution in [2.45, 2.75) is 12.5 Å². The third kappa shape index (κ3) is 4.33. The summed E-state index contributed by atoms with van der Waals surface area (Å²) in [6.07, 6.45) is -0.512. The van der Waals surface area contributed by atoms with Crippen LogP contribution in [0.15, 0.2) is 53.0 Å². The number of para-hydroxylation sites is 1. The van der Waals surface area contributed by atoms with Gasteiger partial charge in [-0.3, -0.25) is 0 Å². The van der Waals surface area contributed by atoms with E-state index in [1.54, 1.807) is 12.1 Å². The van der Waals surface area contributed by atoms with Crippen molar-refractivity contribution >= 4 is 15.9 Å². The highest BCUT2D eigenvalue weighted by Gasteiger charge is 2.10. The molecule has 2 aromatic carbocycles. The summed E-state index contributed by atoms with van der Waals surface area (Å²) in [5, 5.41) is 9.85. The van der Waals surface area contributed by atoms with E-state index in [0.29, 0.717) is 15.8 Å². The van der Waals surface area contributed by atoms with Crippen LogP contribution in [-0.2, 0) is 6.42 Å². The minimum atomic E-state index is -0.740. The fourth-order valence-electron chi connectivity index (χ4n) is 1.71. The fourth-order valence-corrected chi connectivity index (χ4v) is 2.04. The van der Waals surface area contributed by atoms with E-state index in [2.05, 4.69) is 15.9 Å². The Morgan fingerprint density at radius 2 is 1.89 bits per heavy atom. The van der Waals surface area contributed by atoms with E-state index in [0.717, 1.165) is 0 Å². The van der Waals surface area contributed by atoms with Crippen LogP contribution in [0.2, 0.25) is 0 Å². The van der Waals surface area contributed by atoms with Crippen molar-refractivity contribution in [2.24, 2.45) is 0 Å². The number of hydrogen-bond acceptors (Lipinski definition) is 2. The Kier molecular flexibility index (Phi) is 4.93. The molecule has 0 fully saturated rings. The lowest BCUT2D eigenvalue weighted by atomic mass is 10.1. The summed E-state index contributed by atoms with van der Waals surface area (Å²) in [4.78, 5) is 0. The standard InChI is InChI=1S/C15H14BrFO2/c16-12-7-6-11(15(17)9-12)8-13(18)10-19-14-4-2-1-3-5-14/h1-7,9,13,18H,8,10H2. The van der Waals surface area contributed by atoms with Gasteiger partial charge in [-0.25, -0.2) is 4.39 Å². The Labute approximate surface area is 120 Å². The molecule has 1 atom stereocenters. The van der Waals surface area contributed by atoms with Crippen molar-refractivity contribution in [3.63, 3.8) is 0 Å². The molecule has 0 saturated carbocycles. The monoisotopic (exact) mass is 324 g/mol. The summed E-state index contributed by atoms with van der Waals surface area (Å²) in [6.45, 7) is 0.138. The summed E-state index contributed by atoms with van der Waals surface area (Å²) in [7, 11) is 0. The summed E-state index contributed by atoms with van der Waals surface area (Å²) in [5.74, 6) is 0.367. The topological polar surface area (TPSA) is 29.5 Å². The third-order valence-electron chi connectivity index (χ3n) is 2.66. The number of benzene rings is 2. The highest BCUT2D eigenvalue weighted by Crippen LogP contribution is 2.17. The van der Waals surface area contributed by atoms with Crippen molar-refractivity contribution in [1.29, 1.82) is 0 Å². The highest BCUT2D eigenvalue weighted by molar-refractivity contribution is 9.10. The Bertz CT molecular complexity index is 531. The number of hydrogen-bond donors (Lipinski definition) is 1. The Balaban J connectivity index is 1.89. The number of aliphatic hydroxyl groups is 1. The van der Waals surface area contributed by atoms with Crippen molar-refractivity contribution < 1.29 is 14.2 Å². The summed E-state index contributed by atoms with van der Waals surface area (Å²) < 4.78 is 19.7. The molecule has 19 heavy (non-hydrogen) atoms. The molecule has 2 nitrogen and oxygen atoms in total. The number of rotatable bonds is 5. The maximum absolute atomic E-state index is 13.6. The molecule has 0 heterocycles.